The molecule has 0 aliphatic carbocycles. The van der Waals surface area contributed by atoms with Gasteiger partial charge in [0.15, 0.2) is 0 Å². The normalized spacial score (nSPS) is 11.4. The van der Waals surface area contributed by atoms with Crippen LogP contribution < -0.4 is 15.9 Å². The maximum atomic E-state index is 9.35. The van der Waals surface area contributed by atoms with Crippen LogP contribution >= 0.6 is 7.26 Å². The van der Waals surface area contributed by atoms with Crippen molar-refractivity contribution in [1.82, 2.24) is 0 Å². The molecule has 0 atom stereocenters. The number of aryl methyl sites for hydroxylation is 1. The fourth-order valence-electron chi connectivity index (χ4n) is 4.54. The van der Waals surface area contributed by atoms with E-state index < -0.39 is 7.26 Å². The van der Waals surface area contributed by atoms with E-state index >= 15 is 0 Å². The van der Waals surface area contributed by atoms with Gasteiger partial charge in [0.25, 0.3) is 0 Å². The lowest BCUT2D eigenvalue weighted by Crippen LogP contribution is -2.32. The first kappa shape index (κ1) is 20.3. The SMILES string of the molecule is Cc1oc(C[P+](c2ccccc2)(c2ccccc2)c2ccccc2)c2ccc(C#N)cc12. The average Bonchev–Trinajstić information content (AvgIpc) is 3.18. The van der Waals surface area contributed by atoms with E-state index in [0.29, 0.717) is 5.56 Å². The zero-order valence-corrected chi connectivity index (χ0v) is 18.8. The number of benzene rings is 4. The Morgan fingerprint density at radius 2 is 1.19 bits per heavy atom. The molecule has 0 aliphatic rings. The molecule has 32 heavy (non-hydrogen) atoms. The van der Waals surface area contributed by atoms with Crippen molar-refractivity contribution in [2.45, 2.75) is 13.1 Å². The topological polar surface area (TPSA) is 36.9 Å². The molecule has 0 spiro atoms. The molecule has 0 saturated carbocycles. The van der Waals surface area contributed by atoms with Gasteiger partial charge in [-0.15, -0.1) is 0 Å². The van der Waals surface area contributed by atoms with Gasteiger partial charge in [0.2, 0.25) is 0 Å². The minimum Gasteiger partial charge on any atom is -0.461 e. The monoisotopic (exact) mass is 432 g/mol. The Bertz CT molecular complexity index is 1300. The van der Waals surface area contributed by atoms with E-state index in [1.54, 1.807) is 0 Å². The maximum Gasteiger partial charge on any atom is 0.150 e. The maximum absolute atomic E-state index is 9.35. The first-order valence-corrected chi connectivity index (χ1v) is 12.7. The van der Waals surface area contributed by atoms with Crippen molar-refractivity contribution in [3.8, 4) is 6.07 Å². The highest BCUT2D eigenvalue weighted by atomic mass is 31.2. The second-order valence-corrected chi connectivity index (χ2v) is 11.4. The second-order valence-electron chi connectivity index (χ2n) is 7.93. The number of nitriles is 1. The van der Waals surface area contributed by atoms with Gasteiger partial charge in [-0.25, -0.2) is 0 Å². The molecule has 4 aromatic carbocycles. The van der Waals surface area contributed by atoms with E-state index in [1.165, 1.54) is 15.9 Å². The summed E-state index contributed by atoms with van der Waals surface area (Å²) in [5.74, 6) is 1.84. The lowest BCUT2D eigenvalue weighted by Gasteiger charge is -2.27. The van der Waals surface area contributed by atoms with Gasteiger partial charge in [-0.3, -0.25) is 0 Å². The van der Waals surface area contributed by atoms with Crippen molar-refractivity contribution in [2.75, 3.05) is 0 Å². The molecule has 5 rings (SSSR count). The molecule has 154 valence electrons. The number of hydrogen-bond acceptors (Lipinski definition) is 2. The number of nitrogens with zero attached hydrogens (tertiary/aromatic N) is 1. The van der Waals surface area contributed by atoms with Crippen molar-refractivity contribution >= 4 is 33.9 Å². The summed E-state index contributed by atoms with van der Waals surface area (Å²) >= 11 is 0. The Kier molecular flexibility index (Phi) is 5.36. The third-order valence-corrected chi connectivity index (χ3v) is 10.4. The largest absolute Gasteiger partial charge is 0.461 e. The van der Waals surface area contributed by atoms with Crippen LogP contribution in [0.3, 0.4) is 0 Å². The minimum atomic E-state index is -2.04. The predicted molar refractivity (Wildman–Crippen MR) is 135 cm³/mol. The Hall–Kier alpha value is -3.66. The molecule has 0 bridgehead atoms. The molecule has 3 heteroatoms. The van der Waals surface area contributed by atoms with Gasteiger partial charge in [0, 0.05) is 10.8 Å². The summed E-state index contributed by atoms with van der Waals surface area (Å²) in [6.45, 7) is 1.99. The summed E-state index contributed by atoms with van der Waals surface area (Å²) in [5, 5.41) is 15.4. The van der Waals surface area contributed by atoms with Crippen LogP contribution in [0.4, 0.5) is 0 Å². The number of hydrogen-bond donors (Lipinski definition) is 0. The van der Waals surface area contributed by atoms with Gasteiger partial charge in [0.1, 0.15) is 40.9 Å². The lowest BCUT2D eigenvalue weighted by atomic mass is 10.1. The fraction of sp³-hybridized carbons (Fsp3) is 0.0690. The summed E-state index contributed by atoms with van der Waals surface area (Å²) < 4.78 is 6.40. The van der Waals surface area contributed by atoms with E-state index in [1.807, 2.05) is 25.1 Å². The summed E-state index contributed by atoms with van der Waals surface area (Å²) in [5.41, 5.74) is 0.656. The van der Waals surface area contributed by atoms with Gasteiger partial charge in [0.05, 0.1) is 11.6 Å². The van der Waals surface area contributed by atoms with Crippen LogP contribution in [0.25, 0.3) is 10.8 Å². The molecule has 0 radical (unpaired) electrons. The molecular weight excluding hydrogens is 409 g/mol. The summed E-state index contributed by atoms with van der Waals surface area (Å²) in [6, 6.07) is 40.6. The standard InChI is InChI=1S/C29H23NOP/c1-22-28-19-23(20-30)17-18-27(28)29(31-22)21-32(24-11-5-2-6-12-24,25-13-7-3-8-14-25)26-15-9-4-10-16-26/h2-19H,21H2,1H3/q+1. The Morgan fingerprint density at radius 1 is 0.688 bits per heavy atom. The molecule has 0 unspecified atom stereocenters. The highest BCUT2D eigenvalue weighted by Crippen LogP contribution is 2.59. The fourth-order valence-corrected chi connectivity index (χ4v) is 8.70. The van der Waals surface area contributed by atoms with Gasteiger partial charge in [-0.05, 0) is 61.5 Å². The molecule has 0 saturated heterocycles. The molecule has 5 aromatic rings. The van der Waals surface area contributed by atoms with E-state index in [9.17, 15) is 5.26 Å². The summed E-state index contributed by atoms with van der Waals surface area (Å²) in [7, 11) is -2.04. The summed E-state index contributed by atoms with van der Waals surface area (Å²) in [6.07, 6.45) is 0.779. The van der Waals surface area contributed by atoms with Crippen LogP contribution in [0, 0.1) is 18.3 Å². The summed E-state index contributed by atoms with van der Waals surface area (Å²) in [4.78, 5) is 0. The predicted octanol–water partition coefficient (Wildman–Crippen LogP) is 6.11. The van der Waals surface area contributed by atoms with Crippen LogP contribution in [0.1, 0.15) is 17.1 Å². The van der Waals surface area contributed by atoms with Crippen LogP contribution in [0.15, 0.2) is 114 Å². The Balaban J connectivity index is 1.80. The van der Waals surface area contributed by atoms with Crippen molar-refractivity contribution in [2.24, 2.45) is 0 Å². The highest BCUT2D eigenvalue weighted by Gasteiger charge is 2.46. The molecule has 0 amide bonds. The van der Waals surface area contributed by atoms with Gasteiger partial charge in [-0.1, -0.05) is 54.6 Å². The van der Waals surface area contributed by atoms with Crippen LogP contribution in [-0.4, -0.2) is 0 Å². The van der Waals surface area contributed by atoms with Gasteiger partial charge in [-0.2, -0.15) is 5.26 Å². The van der Waals surface area contributed by atoms with Crippen molar-refractivity contribution in [3.63, 3.8) is 0 Å². The zero-order chi connectivity index (χ0) is 22.0. The lowest BCUT2D eigenvalue weighted by molar-refractivity contribution is 0.506. The minimum absolute atomic E-state index is 0.656. The molecule has 1 aromatic heterocycles. The van der Waals surface area contributed by atoms with Gasteiger partial charge >= 0.3 is 0 Å². The van der Waals surface area contributed by atoms with Gasteiger partial charge < -0.3 is 4.42 Å². The number of fused-ring (bicyclic) bond motifs is 1. The smallest absolute Gasteiger partial charge is 0.150 e. The second kappa shape index (κ2) is 8.46. The molecule has 0 aliphatic heterocycles. The third-order valence-electron chi connectivity index (χ3n) is 6.08. The Labute approximate surface area is 189 Å². The first-order valence-electron chi connectivity index (χ1n) is 10.7. The zero-order valence-electron chi connectivity index (χ0n) is 17.9. The first-order chi connectivity index (χ1) is 15.7. The van der Waals surface area contributed by atoms with Crippen LogP contribution in [0.5, 0.6) is 0 Å². The van der Waals surface area contributed by atoms with E-state index in [-0.39, 0.29) is 0 Å². The van der Waals surface area contributed by atoms with Crippen molar-refractivity contribution < 1.29 is 4.42 Å². The molecule has 1 heterocycles. The van der Waals surface area contributed by atoms with E-state index in [0.717, 1.165) is 28.5 Å². The Morgan fingerprint density at radius 3 is 1.66 bits per heavy atom. The van der Waals surface area contributed by atoms with Crippen LogP contribution in [0.2, 0.25) is 0 Å². The molecular formula is C29H23NOP+. The quantitative estimate of drug-likeness (QED) is 0.314. The molecule has 0 N–H and O–H groups in total. The van der Waals surface area contributed by atoms with Crippen LogP contribution in [-0.2, 0) is 6.16 Å². The average molecular weight is 432 g/mol. The number of rotatable bonds is 5. The van der Waals surface area contributed by atoms with Crippen molar-refractivity contribution in [3.05, 3.63) is 126 Å². The highest BCUT2D eigenvalue weighted by molar-refractivity contribution is 7.95. The number of furan rings is 1. The van der Waals surface area contributed by atoms with E-state index in [4.69, 9.17) is 4.42 Å². The molecule has 2 nitrogen and oxygen atoms in total. The third kappa shape index (κ3) is 3.42. The van der Waals surface area contributed by atoms with E-state index in [2.05, 4.69) is 97.1 Å². The van der Waals surface area contributed by atoms with Crippen molar-refractivity contribution in [1.29, 1.82) is 5.26 Å². The molecule has 0 fully saturated rings.